The molecule has 1 aromatic rings. The minimum absolute atomic E-state index is 0.184. The highest BCUT2D eigenvalue weighted by Crippen LogP contribution is 2.46. The van der Waals surface area contributed by atoms with Crippen LogP contribution in [0.25, 0.3) is 0 Å². The van der Waals surface area contributed by atoms with Gasteiger partial charge in [-0.25, -0.2) is 0 Å². The van der Waals surface area contributed by atoms with Gasteiger partial charge in [-0.15, -0.1) is 0 Å². The fourth-order valence-electron chi connectivity index (χ4n) is 3.72. The maximum atomic E-state index is 12.9. The van der Waals surface area contributed by atoms with Crippen molar-refractivity contribution in [2.75, 3.05) is 19.0 Å². The zero-order chi connectivity index (χ0) is 16.5. The van der Waals surface area contributed by atoms with Crippen molar-refractivity contribution in [3.8, 4) is 0 Å². The lowest BCUT2D eigenvalue weighted by molar-refractivity contribution is -0.140. The molecule has 118 valence electrons. The molecule has 4 rings (SSSR count). The van der Waals surface area contributed by atoms with Crippen molar-refractivity contribution in [2.24, 2.45) is 11.1 Å². The molecule has 0 aliphatic carbocycles. The van der Waals surface area contributed by atoms with E-state index in [0.717, 1.165) is 16.2 Å². The molecular weight excluding hydrogens is 298 g/mol. The second kappa shape index (κ2) is 4.18. The predicted molar refractivity (Wildman–Crippen MR) is 80.8 cm³/mol. The molecule has 1 aromatic carbocycles. The van der Waals surface area contributed by atoms with Crippen LogP contribution in [0.4, 0.5) is 5.69 Å². The number of carbonyl (C=O) groups excluding carboxylic acids is 3. The van der Waals surface area contributed by atoms with Gasteiger partial charge in [-0.2, -0.15) is 0 Å². The second-order valence-electron chi connectivity index (χ2n) is 6.22. The number of amides is 3. The van der Waals surface area contributed by atoms with Gasteiger partial charge in [0, 0.05) is 19.8 Å². The van der Waals surface area contributed by atoms with Crippen LogP contribution < -0.4 is 4.90 Å². The molecule has 0 N–H and O–H groups in total. The molecule has 3 aliphatic heterocycles. The number of oxime groups is 1. The third kappa shape index (κ3) is 1.44. The summed E-state index contributed by atoms with van der Waals surface area (Å²) >= 11 is 0. The average molecular weight is 313 g/mol. The van der Waals surface area contributed by atoms with Crippen molar-refractivity contribution in [3.63, 3.8) is 0 Å². The van der Waals surface area contributed by atoms with Crippen LogP contribution in [0.15, 0.2) is 29.4 Å². The van der Waals surface area contributed by atoms with E-state index in [2.05, 4.69) is 5.16 Å². The Balaban J connectivity index is 1.87. The van der Waals surface area contributed by atoms with Crippen LogP contribution in [-0.2, 0) is 24.6 Å². The molecule has 1 fully saturated rings. The van der Waals surface area contributed by atoms with Crippen LogP contribution in [0.5, 0.6) is 0 Å². The monoisotopic (exact) mass is 313 g/mol. The number of imide groups is 1. The summed E-state index contributed by atoms with van der Waals surface area (Å²) in [5.41, 5.74) is 0.750. The zero-order valence-corrected chi connectivity index (χ0v) is 12.9. The zero-order valence-electron chi connectivity index (χ0n) is 12.9. The Morgan fingerprint density at radius 1 is 1.09 bits per heavy atom. The molecule has 1 saturated heterocycles. The van der Waals surface area contributed by atoms with E-state index in [9.17, 15) is 14.4 Å². The summed E-state index contributed by atoms with van der Waals surface area (Å²) < 4.78 is 0. The number of hydrogen-bond acceptors (Lipinski definition) is 5. The molecule has 3 amide bonds. The van der Waals surface area contributed by atoms with Gasteiger partial charge in [-0.3, -0.25) is 19.3 Å². The summed E-state index contributed by atoms with van der Waals surface area (Å²) in [5.74, 6) is -1.82. The topological polar surface area (TPSA) is 79.3 Å². The van der Waals surface area contributed by atoms with Crippen molar-refractivity contribution in [2.45, 2.75) is 18.4 Å². The molecule has 7 heteroatoms. The van der Waals surface area contributed by atoms with Gasteiger partial charge in [0.15, 0.2) is 0 Å². The van der Waals surface area contributed by atoms with Crippen LogP contribution >= 0.6 is 0 Å². The molecule has 3 heterocycles. The molecule has 0 saturated carbocycles. The van der Waals surface area contributed by atoms with E-state index in [1.165, 1.54) is 7.05 Å². The first-order chi connectivity index (χ1) is 10.9. The molecule has 3 aliphatic rings. The highest BCUT2D eigenvalue weighted by atomic mass is 16.7. The number of hydrogen-bond donors (Lipinski definition) is 0. The van der Waals surface area contributed by atoms with Gasteiger partial charge in [0.2, 0.25) is 17.9 Å². The number of anilines is 1. The van der Waals surface area contributed by atoms with Crippen LogP contribution in [0.3, 0.4) is 0 Å². The number of carbonyl (C=O) groups is 3. The number of nitrogens with zero attached hydrogens (tertiary/aromatic N) is 3. The van der Waals surface area contributed by atoms with Gasteiger partial charge in [0.25, 0.3) is 5.91 Å². The molecule has 0 spiro atoms. The van der Waals surface area contributed by atoms with E-state index in [4.69, 9.17) is 4.84 Å². The van der Waals surface area contributed by atoms with Crippen molar-refractivity contribution in [1.29, 1.82) is 0 Å². The standard InChI is InChI=1S/C16H15N3O4/c1-16(8-6-4-5-7-9(8)18(2)15(16)22)12-10-11(23-17-12)14(21)19(3)13(10)20/h4-7,10-11H,1-3H3/t10-,11+,16+/m0/s1. The lowest BCUT2D eigenvalue weighted by Gasteiger charge is -2.24. The number of likely N-dealkylation sites (tertiary alicyclic amines) is 1. The smallest absolute Gasteiger partial charge is 0.274 e. The maximum absolute atomic E-state index is 12.9. The SMILES string of the molecule is CN1C(=O)[C@@H]2C([C@]3(C)C(=O)N(C)c4ccccc43)=NO[C@H]2C1=O. The first-order valence-corrected chi connectivity index (χ1v) is 7.32. The van der Waals surface area contributed by atoms with Gasteiger partial charge < -0.3 is 9.74 Å². The van der Waals surface area contributed by atoms with Crippen LogP contribution in [0.2, 0.25) is 0 Å². The molecule has 0 bridgehead atoms. The molecular formula is C16H15N3O4. The van der Waals surface area contributed by atoms with E-state index in [1.807, 2.05) is 24.3 Å². The lowest BCUT2D eigenvalue weighted by Crippen LogP contribution is -2.47. The summed E-state index contributed by atoms with van der Waals surface area (Å²) in [7, 11) is 3.11. The quantitative estimate of drug-likeness (QED) is 0.698. The molecule has 0 aromatic heterocycles. The first-order valence-electron chi connectivity index (χ1n) is 7.32. The van der Waals surface area contributed by atoms with E-state index >= 15 is 0 Å². The average Bonchev–Trinajstić information content (AvgIpc) is 3.15. The lowest BCUT2D eigenvalue weighted by atomic mass is 9.73. The van der Waals surface area contributed by atoms with Gasteiger partial charge >= 0.3 is 0 Å². The molecule has 0 radical (unpaired) electrons. The number of rotatable bonds is 1. The van der Waals surface area contributed by atoms with Crippen LogP contribution in [-0.4, -0.2) is 48.5 Å². The Labute approximate surface area is 132 Å². The molecule has 3 atom stereocenters. The Kier molecular flexibility index (Phi) is 2.53. The summed E-state index contributed by atoms with van der Waals surface area (Å²) in [6.45, 7) is 1.73. The molecule has 0 unspecified atom stereocenters. The number of para-hydroxylation sites is 1. The van der Waals surface area contributed by atoms with Crippen molar-refractivity contribution in [1.82, 2.24) is 4.90 Å². The van der Waals surface area contributed by atoms with E-state index in [0.29, 0.717) is 5.71 Å². The summed E-state index contributed by atoms with van der Waals surface area (Å²) in [6, 6.07) is 7.38. The fraction of sp³-hybridized carbons (Fsp3) is 0.375. The summed E-state index contributed by atoms with van der Waals surface area (Å²) in [6.07, 6.45) is -0.954. The fourth-order valence-corrected chi connectivity index (χ4v) is 3.72. The Morgan fingerprint density at radius 2 is 1.78 bits per heavy atom. The third-order valence-electron chi connectivity index (χ3n) is 5.08. The molecule has 7 nitrogen and oxygen atoms in total. The van der Waals surface area contributed by atoms with Crippen LogP contribution in [0.1, 0.15) is 12.5 Å². The van der Waals surface area contributed by atoms with E-state index in [-0.39, 0.29) is 11.8 Å². The summed E-state index contributed by atoms with van der Waals surface area (Å²) in [4.78, 5) is 45.2. The van der Waals surface area contributed by atoms with Crippen molar-refractivity contribution >= 4 is 29.1 Å². The predicted octanol–water partition coefficient (Wildman–Crippen LogP) is 0.290. The number of fused-ring (bicyclic) bond motifs is 2. The molecule has 23 heavy (non-hydrogen) atoms. The number of likely N-dealkylation sites (N-methyl/N-ethyl adjacent to an activating group) is 2. The van der Waals surface area contributed by atoms with E-state index in [1.54, 1.807) is 18.9 Å². The highest BCUT2D eigenvalue weighted by Gasteiger charge is 2.62. The number of benzene rings is 1. The summed E-state index contributed by atoms with van der Waals surface area (Å²) in [5, 5.41) is 3.99. The third-order valence-corrected chi connectivity index (χ3v) is 5.08. The van der Waals surface area contributed by atoms with E-state index < -0.39 is 23.3 Å². The Morgan fingerprint density at radius 3 is 2.52 bits per heavy atom. The Bertz CT molecular complexity index is 802. The minimum Gasteiger partial charge on any atom is -0.381 e. The Hall–Kier alpha value is -2.70. The van der Waals surface area contributed by atoms with Crippen molar-refractivity contribution < 1.29 is 19.2 Å². The van der Waals surface area contributed by atoms with Gasteiger partial charge in [-0.1, -0.05) is 23.4 Å². The second-order valence-corrected chi connectivity index (χ2v) is 6.22. The largest absolute Gasteiger partial charge is 0.381 e. The minimum atomic E-state index is -1.11. The first kappa shape index (κ1) is 13.9. The van der Waals surface area contributed by atoms with Crippen molar-refractivity contribution in [3.05, 3.63) is 29.8 Å². The maximum Gasteiger partial charge on any atom is 0.274 e. The highest BCUT2D eigenvalue weighted by molar-refractivity contribution is 6.30. The van der Waals surface area contributed by atoms with Gasteiger partial charge in [-0.05, 0) is 18.6 Å². The van der Waals surface area contributed by atoms with Gasteiger partial charge in [0.05, 0.1) is 5.71 Å². The van der Waals surface area contributed by atoms with Crippen LogP contribution in [0, 0.1) is 5.92 Å². The van der Waals surface area contributed by atoms with Gasteiger partial charge in [0.1, 0.15) is 11.3 Å². The normalized spacial score (nSPS) is 32.1.